The molecule has 0 radical (unpaired) electrons. The highest BCUT2D eigenvalue weighted by molar-refractivity contribution is 7.00. The van der Waals surface area contributed by atoms with Gasteiger partial charge in [0.2, 0.25) is 0 Å². The van der Waals surface area contributed by atoms with Crippen LogP contribution in [0.3, 0.4) is 0 Å². The fourth-order valence-corrected chi connectivity index (χ4v) is 9.77. The quantitative estimate of drug-likeness (QED) is 0.165. The molecule has 3 heterocycles. The Hall–Kier alpha value is -5.17. The third-order valence-electron chi connectivity index (χ3n) is 10.2. The Labute approximate surface area is 296 Å². The maximum Gasteiger partial charge on any atom is 0.138 e. The Kier molecular flexibility index (Phi) is 7.70. The van der Waals surface area contributed by atoms with Gasteiger partial charge < -0.3 is 0 Å². The third-order valence-corrected chi connectivity index (χ3v) is 13.7. The van der Waals surface area contributed by atoms with Crippen LogP contribution in [0.5, 0.6) is 0 Å². The first kappa shape index (κ1) is 32.1. The summed E-state index contributed by atoms with van der Waals surface area (Å²) in [5.74, 6) is 1.35. The van der Waals surface area contributed by atoms with Crippen LogP contribution < -0.4 is 20.5 Å². The van der Waals surface area contributed by atoms with Crippen molar-refractivity contribution in [2.24, 2.45) is 0 Å². The molecule has 0 aliphatic carbocycles. The molecule has 1 aliphatic heterocycles. The average molecular weight is 673 g/mol. The number of para-hydroxylation sites is 3. The molecule has 6 heteroatoms. The molecular weight excluding hydrogens is 629 g/mol. The Bertz CT molecular complexity index is 2380. The van der Waals surface area contributed by atoms with Crippen LogP contribution in [-0.2, 0) is 4.94 Å². The number of fused-ring (bicyclic) bond motifs is 4. The van der Waals surface area contributed by atoms with Gasteiger partial charge in [-0.3, -0.25) is 4.57 Å². The first-order chi connectivity index (χ1) is 24.0. The van der Waals surface area contributed by atoms with Crippen LogP contribution in [0.15, 0.2) is 134 Å². The summed E-state index contributed by atoms with van der Waals surface area (Å²) in [4.78, 5) is 11.5. The lowest BCUT2D eigenvalue weighted by Gasteiger charge is -2.32. The smallest absolute Gasteiger partial charge is 0.138 e. The lowest BCUT2D eigenvalue weighted by atomic mass is 9.93. The monoisotopic (exact) mass is 672 g/mol. The van der Waals surface area contributed by atoms with Gasteiger partial charge in [-0.2, -0.15) is 5.06 Å². The van der Waals surface area contributed by atoms with Gasteiger partial charge in [-0.05, 0) is 91.9 Å². The number of hydrogen-bond acceptors (Lipinski definition) is 4. The van der Waals surface area contributed by atoms with E-state index in [-0.39, 0.29) is 5.54 Å². The minimum absolute atomic E-state index is 0.198. The van der Waals surface area contributed by atoms with Gasteiger partial charge in [0.1, 0.15) is 13.9 Å². The summed E-state index contributed by atoms with van der Waals surface area (Å²) >= 11 is 0. The summed E-state index contributed by atoms with van der Waals surface area (Å²) in [6, 6.07) is 46.3. The van der Waals surface area contributed by atoms with Crippen LogP contribution in [0.2, 0.25) is 13.1 Å². The molecule has 0 spiro atoms. The Morgan fingerprint density at radius 1 is 0.660 bits per heavy atom. The van der Waals surface area contributed by atoms with Crippen molar-refractivity contribution in [1.82, 2.24) is 9.55 Å². The molecule has 5 nitrogen and oxygen atoms in total. The molecule has 8 rings (SSSR count). The minimum Gasteiger partial charge on any atom is -0.294 e. The van der Waals surface area contributed by atoms with Crippen molar-refractivity contribution >= 4 is 57.3 Å². The van der Waals surface area contributed by atoms with E-state index >= 15 is 0 Å². The molecule has 0 N–H and O–H groups in total. The van der Waals surface area contributed by atoms with Gasteiger partial charge in [0.15, 0.2) is 0 Å². The highest BCUT2D eigenvalue weighted by atomic mass is 28.3. The molecule has 0 saturated heterocycles. The number of pyridine rings is 1. The first-order valence-corrected chi connectivity index (χ1v) is 20.6. The first-order valence-electron chi connectivity index (χ1n) is 17.6. The van der Waals surface area contributed by atoms with E-state index in [2.05, 4.69) is 180 Å². The fourth-order valence-electron chi connectivity index (χ4n) is 7.41. The number of benzene rings is 5. The molecule has 7 aromatic rings. The zero-order chi connectivity index (χ0) is 34.8. The third kappa shape index (κ3) is 5.31. The Morgan fingerprint density at radius 2 is 1.36 bits per heavy atom. The molecule has 2 aromatic heterocycles. The predicted molar refractivity (Wildman–Crippen MR) is 213 cm³/mol. The van der Waals surface area contributed by atoms with Gasteiger partial charge in [0.25, 0.3) is 0 Å². The van der Waals surface area contributed by atoms with Crippen molar-refractivity contribution in [3.63, 3.8) is 0 Å². The number of rotatable bonds is 6. The van der Waals surface area contributed by atoms with E-state index < -0.39 is 8.07 Å². The molecule has 0 atom stereocenters. The predicted octanol–water partition coefficient (Wildman–Crippen LogP) is 10.4. The number of hydroxylamine groups is 1. The van der Waals surface area contributed by atoms with E-state index in [1.165, 1.54) is 43.4 Å². The van der Waals surface area contributed by atoms with Crippen molar-refractivity contribution in [3.05, 3.63) is 139 Å². The second kappa shape index (κ2) is 12.0. The lowest BCUT2D eigenvalue weighted by Crippen LogP contribution is -2.53. The van der Waals surface area contributed by atoms with Gasteiger partial charge in [0, 0.05) is 17.0 Å². The van der Waals surface area contributed by atoms with Crippen molar-refractivity contribution in [1.29, 1.82) is 0 Å². The Balaban J connectivity index is 1.23. The molecule has 0 fully saturated rings. The van der Waals surface area contributed by atoms with Gasteiger partial charge in [-0.15, -0.1) is 4.94 Å². The van der Waals surface area contributed by atoms with Crippen LogP contribution in [0.4, 0.5) is 17.1 Å². The van der Waals surface area contributed by atoms with E-state index in [0.29, 0.717) is 5.92 Å². The average Bonchev–Trinajstić information content (AvgIpc) is 3.68. The maximum absolute atomic E-state index is 6.55. The molecule has 250 valence electrons. The largest absolute Gasteiger partial charge is 0.294 e. The van der Waals surface area contributed by atoms with Crippen molar-refractivity contribution < 1.29 is 4.94 Å². The van der Waals surface area contributed by atoms with Crippen LogP contribution >= 0.6 is 0 Å². The van der Waals surface area contributed by atoms with Gasteiger partial charge in [-0.1, -0.05) is 116 Å². The van der Waals surface area contributed by atoms with E-state index in [9.17, 15) is 0 Å². The maximum atomic E-state index is 6.55. The zero-order valence-corrected chi connectivity index (χ0v) is 31.0. The number of aromatic nitrogens is 2. The molecule has 0 amide bonds. The summed E-state index contributed by atoms with van der Waals surface area (Å²) < 4.78 is 2.35. The molecule has 0 bridgehead atoms. The number of hydrogen-bond donors (Lipinski definition) is 0. The van der Waals surface area contributed by atoms with E-state index in [1.54, 1.807) is 0 Å². The lowest BCUT2D eigenvalue weighted by molar-refractivity contribution is 0.0843. The highest BCUT2D eigenvalue weighted by Gasteiger charge is 2.36. The van der Waals surface area contributed by atoms with E-state index in [4.69, 9.17) is 9.92 Å². The molecule has 1 aliphatic rings. The summed E-state index contributed by atoms with van der Waals surface area (Å²) in [6.07, 6.45) is 1.95. The SMILES string of the molecule is CC(C)c1ccccc1-c1ccnc(-n2c3ccccc3c3ccc([Si](C)(C)c4cccc(N5ON(C(C)(C)C)c6ccccc65)c4)cc32)c1. The van der Waals surface area contributed by atoms with Gasteiger partial charge in [0.05, 0.1) is 33.6 Å². The van der Waals surface area contributed by atoms with Crippen LogP contribution in [0, 0.1) is 0 Å². The molecule has 0 unspecified atom stereocenters. The number of anilines is 3. The summed E-state index contributed by atoms with van der Waals surface area (Å²) in [6.45, 7) is 15.9. The zero-order valence-electron chi connectivity index (χ0n) is 30.0. The standard InChI is InChI=1S/C44H44N4OSi/c1-30(2)35-17-8-9-18-36(35)31-25-26-45-43(27-31)46-39-20-11-10-19-37(39)38-24-23-34(29-42(38)46)50(6,7)33-16-14-15-32(28-33)47-40-21-12-13-22-41(40)48(49-47)44(3,4)5/h8-30H,1-7H3. The summed E-state index contributed by atoms with van der Waals surface area (Å²) in [7, 11) is -2.19. The van der Waals surface area contributed by atoms with Crippen LogP contribution in [-0.4, -0.2) is 23.2 Å². The molecule has 0 saturated carbocycles. The number of nitrogens with zero attached hydrogens (tertiary/aromatic N) is 4. The van der Waals surface area contributed by atoms with Crippen molar-refractivity contribution in [3.8, 4) is 16.9 Å². The summed E-state index contributed by atoms with van der Waals surface area (Å²) in [5, 5.41) is 9.17. The van der Waals surface area contributed by atoms with Crippen LogP contribution in [0.25, 0.3) is 38.8 Å². The second-order valence-corrected chi connectivity index (χ2v) is 19.6. The van der Waals surface area contributed by atoms with E-state index in [0.717, 1.165) is 28.4 Å². The fraction of sp³-hybridized carbons (Fsp3) is 0.205. The molecular formula is C44H44N4OSi. The molecule has 50 heavy (non-hydrogen) atoms. The minimum atomic E-state index is -2.19. The summed E-state index contributed by atoms with van der Waals surface area (Å²) in [5.41, 5.74) is 9.09. The van der Waals surface area contributed by atoms with Crippen molar-refractivity contribution in [2.75, 3.05) is 10.1 Å². The van der Waals surface area contributed by atoms with Crippen LogP contribution in [0.1, 0.15) is 46.1 Å². The van der Waals surface area contributed by atoms with Crippen molar-refractivity contribution in [2.45, 2.75) is 59.2 Å². The highest BCUT2D eigenvalue weighted by Crippen LogP contribution is 2.44. The topological polar surface area (TPSA) is 33.5 Å². The Morgan fingerprint density at radius 3 is 2.16 bits per heavy atom. The second-order valence-electron chi connectivity index (χ2n) is 15.2. The van der Waals surface area contributed by atoms with Gasteiger partial charge in [-0.25, -0.2) is 10.0 Å². The molecule has 5 aromatic carbocycles. The van der Waals surface area contributed by atoms with E-state index in [1.807, 2.05) is 16.3 Å². The normalized spacial score (nSPS) is 13.5. The van der Waals surface area contributed by atoms with Gasteiger partial charge >= 0.3 is 0 Å².